The van der Waals surface area contributed by atoms with E-state index in [9.17, 15) is 5.11 Å². The molecule has 0 aliphatic carbocycles. The molecule has 0 bridgehead atoms. The predicted octanol–water partition coefficient (Wildman–Crippen LogP) is 3.54. The fourth-order valence-corrected chi connectivity index (χ4v) is 3.01. The zero-order chi connectivity index (χ0) is 13.0. The second kappa shape index (κ2) is 6.35. The molecule has 2 rings (SSSR count). The molecule has 1 N–H and O–H groups in total. The van der Waals surface area contributed by atoms with E-state index in [0.29, 0.717) is 6.61 Å². The highest BCUT2D eigenvalue weighted by Gasteiger charge is 2.34. The third-order valence-electron chi connectivity index (χ3n) is 3.59. The monoisotopic (exact) mass is 360 g/mol. The Bertz CT molecular complexity index is 375. The number of ether oxygens (including phenoxy) is 1. The van der Waals surface area contributed by atoms with Crippen molar-refractivity contribution in [3.05, 3.63) is 33.4 Å². The van der Waals surface area contributed by atoms with E-state index in [1.807, 2.05) is 0 Å². The summed E-state index contributed by atoms with van der Waals surface area (Å²) in [5.74, 6) is 0. The van der Waals surface area contributed by atoms with E-state index in [1.54, 1.807) is 0 Å². The van der Waals surface area contributed by atoms with Crippen molar-refractivity contribution in [3.8, 4) is 0 Å². The molecule has 0 amide bonds. The minimum absolute atomic E-state index is 0.234. The summed E-state index contributed by atoms with van der Waals surface area (Å²) in [6.07, 6.45) is 4.66. The maximum absolute atomic E-state index is 10.7. The third kappa shape index (κ3) is 3.93. The molecule has 18 heavy (non-hydrogen) atoms. The van der Waals surface area contributed by atoms with Crippen LogP contribution >= 0.6 is 22.6 Å². The Morgan fingerprint density at radius 3 is 2.78 bits per heavy atom. The molecule has 0 spiro atoms. The summed E-state index contributed by atoms with van der Waals surface area (Å²) in [5.41, 5.74) is 0.639. The van der Waals surface area contributed by atoms with E-state index in [-0.39, 0.29) is 6.10 Å². The van der Waals surface area contributed by atoms with E-state index in [0.717, 1.165) is 32.1 Å². The van der Waals surface area contributed by atoms with Gasteiger partial charge in [0.2, 0.25) is 0 Å². The van der Waals surface area contributed by atoms with Gasteiger partial charge in [-0.25, -0.2) is 0 Å². The Kier molecular flexibility index (Phi) is 5.04. The second-order valence-corrected chi connectivity index (χ2v) is 6.51. The molecular weight excluding hydrogens is 339 g/mol. The fourth-order valence-electron chi connectivity index (χ4n) is 2.65. The van der Waals surface area contributed by atoms with Crippen LogP contribution < -0.4 is 0 Å². The lowest BCUT2D eigenvalue weighted by Gasteiger charge is -2.37. The molecular formula is C15H21IO2. The van der Waals surface area contributed by atoms with Crippen LogP contribution in [0.3, 0.4) is 0 Å². The summed E-state index contributed by atoms with van der Waals surface area (Å²) in [4.78, 5) is 0. The SMILES string of the molecule is CCCC1CC(O)(Cc2ccc(I)cc2)CCO1. The lowest BCUT2D eigenvalue weighted by atomic mass is 9.83. The highest BCUT2D eigenvalue weighted by atomic mass is 127. The van der Waals surface area contributed by atoms with E-state index in [4.69, 9.17) is 4.74 Å². The molecule has 100 valence electrons. The summed E-state index contributed by atoms with van der Waals surface area (Å²) in [5, 5.41) is 10.7. The van der Waals surface area contributed by atoms with Crippen LogP contribution in [0, 0.1) is 3.57 Å². The Morgan fingerprint density at radius 1 is 1.39 bits per heavy atom. The van der Waals surface area contributed by atoms with Crippen molar-refractivity contribution in [1.82, 2.24) is 0 Å². The molecule has 1 aromatic carbocycles. The van der Waals surface area contributed by atoms with E-state index >= 15 is 0 Å². The van der Waals surface area contributed by atoms with Crippen LogP contribution in [-0.2, 0) is 11.2 Å². The van der Waals surface area contributed by atoms with Gasteiger partial charge in [-0.05, 0) is 53.1 Å². The number of hydrogen-bond donors (Lipinski definition) is 1. The van der Waals surface area contributed by atoms with Crippen molar-refractivity contribution in [3.63, 3.8) is 0 Å². The van der Waals surface area contributed by atoms with Crippen molar-refractivity contribution >= 4 is 22.6 Å². The summed E-state index contributed by atoms with van der Waals surface area (Å²) in [7, 11) is 0. The molecule has 2 unspecified atom stereocenters. The molecule has 0 saturated carbocycles. The average Bonchev–Trinajstić information content (AvgIpc) is 2.32. The van der Waals surface area contributed by atoms with Gasteiger partial charge in [-0.3, -0.25) is 0 Å². The molecule has 1 saturated heterocycles. The molecule has 1 aromatic rings. The van der Waals surface area contributed by atoms with Crippen LogP contribution in [0.4, 0.5) is 0 Å². The van der Waals surface area contributed by atoms with E-state index in [2.05, 4.69) is 53.8 Å². The number of aliphatic hydroxyl groups is 1. The predicted molar refractivity (Wildman–Crippen MR) is 81.7 cm³/mol. The van der Waals surface area contributed by atoms with E-state index < -0.39 is 5.60 Å². The van der Waals surface area contributed by atoms with Crippen LogP contribution in [0.15, 0.2) is 24.3 Å². The molecule has 0 aromatic heterocycles. The van der Waals surface area contributed by atoms with E-state index in [1.165, 1.54) is 9.13 Å². The van der Waals surface area contributed by atoms with Crippen LogP contribution in [0.5, 0.6) is 0 Å². The second-order valence-electron chi connectivity index (χ2n) is 5.26. The molecule has 0 radical (unpaired) electrons. The Hall–Kier alpha value is -0.130. The quantitative estimate of drug-likeness (QED) is 0.833. The zero-order valence-corrected chi connectivity index (χ0v) is 13.0. The van der Waals surface area contributed by atoms with Crippen molar-refractivity contribution in [1.29, 1.82) is 0 Å². The normalized spacial score (nSPS) is 28.3. The molecule has 1 fully saturated rings. The Balaban J connectivity index is 1.99. The van der Waals surface area contributed by atoms with Gasteiger partial charge in [-0.2, -0.15) is 0 Å². The number of halogens is 1. The van der Waals surface area contributed by atoms with Gasteiger partial charge >= 0.3 is 0 Å². The summed E-state index contributed by atoms with van der Waals surface area (Å²) in [6.45, 7) is 2.85. The van der Waals surface area contributed by atoms with Gasteiger partial charge in [-0.1, -0.05) is 25.5 Å². The van der Waals surface area contributed by atoms with Gasteiger partial charge in [-0.15, -0.1) is 0 Å². The molecule has 1 heterocycles. The van der Waals surface area contributed by atoms with Crippen LogP contribution in [0.1, 0.15) is 38.2 Å². The van der Waals surface area contributed by atoms with Crippen molar-refractivity contribution in [2.24, 2.45) is 0 Å². The maximum atomic E-state index is 10.7. The fraction of sp³-hybridized carbons (Fsp3) is 0.600. The average molecular weight is 360 g/mol. The van der Waals surface area contributed by atoms with Gasteiger partial charge in [0.25, 0.3) is 0 Å². The molecule has 2 nitrogen and oxygen atoms in total. The summed E-state index contributed by atoms with van der Waals surface area (Å²) in [6, 6.07) is 8.43. The summed E-state index contributed by atoms with van der Waals surface area (Å²) >= 11 is 2.30. The van der Waals surface area contributed by atoms with Gasteiger partial charge < -0.3 is 9.84 Å². The smallest absolute Gasteiger partial charge is 0.0734 e. The largest absolute Gasteiger partial charge is 0.389 e. The van der Waals surface area contributed by atoms with Crippen molar-refractivity contribution < 1.29 is 9.84 Å². The van der Waals surface area contributed by atoms with Crippen molar-refractivity contribution in [2.75, 3.05) is 6.61 Å². The standard InChI is InChI=1S/C15H21IO2/c1-2-3-14-11-15(17,8-9-18-14)10-12-4-6-13(16)7-5-12/h4-7,14,17H,2-3,8-11H2,1H3. The topological polar surface area (TPSA) is 29.5 Å². The Labute approximate surface area is 123 Å². The zero-order valence-electron chi connectivity index (χ0n) is 10.9. The first-order valence-corrected chi connectivity index (χ1v) is 7.77. The first kappa shape index (κ1) is 14.3. The lowest BCUT2D eigenvalue weighted by Crippen LogP contribution is -2.42. The first-order chi connectivity index (χ1) is 8.61. The van der Waals surface area contributed by atoms with Gasteiger partial charge in [0.15, 0.2) is 0 Å². The van der Waals surface area contributed by atoms with Gasteiger partial charge in [0.1, 0.15) is 0 Å². The molecule has 3 heteroatoms. The maximum Gasteiger partial charge on any atom is 0.0734 e. The third-order valence-corrected chi connectivity index (χ3v) is 4.30. The minimum atomic E-state index is -0.578. The highest BCUT2D eigenvalue weighted by Crippen LogP contribution is 2.30. The van der Waals surface area contributed by atoms with Crippen LogP contribution in [0.2, 0.25) is 0 Å². The molecule has 1 aliphatic heterocycles. The number of hydrogen-bond acceptors (Lipinski definition) is 2. The first-order valence-electron chi connectivity index (χ1n) is 6.70. The minimum Gasteiger partial charge on any atom is -0.389 e. The van der Waals surface area contributed by atoms with Gasteiger partial charge in [0.05, 0.1) is 11.7 Å². The van der Waals surface area contributed by atoms with Crippen molar-refractivity contribution in [2.45, 2.75) is 50.7 Å². The number of benzene rings is 1. The number of rotatable bonds is 4. The Morgan fingerprint density at radius 2 is 2.11 bits per heavy atom. The highest BCUT2D eigenvalue weighted by molar-refractivity contribution is 14.1. The lowest BCUT2D eigenvalue weighted by molar-refractivity contribution is -0.104. The van der Waals surface area contributed by atoms with Gasteiger partial charge in [0, 0.05) is 23.0 Å². The molecule has 2 atom stereocenters. The van der Waals surface area contributed by atoms with Crippen LogP contribution in [0.25, 0.3) is 0 Å². The summed E-state index contributed by atoms with van der Waals surface area (Å²) < 4.78 is 6.94. The van der Waals surface area contributed by atoms with Crippen LogP contribution in [-0.4, -0.2) is 23.4 Å². The molecule has 1 aliphatic rings.